The zero-order chi connectivity index (χ0) is 16.1. The molecule has 3 N–H and O–H groups in total. The summed E-state index contributed by atoms with van der Waals surface area (Å²) in [5.74, 6) is -0.150. The number of hydrogen-bond acceptors (Lipinski definition) is 3. The molecule has 6 heteroatoms. The molecule has 0 bridgehead atoms. The lowest BCUT2D eigenvalue weighted by Crippen LogP contribution is -2.47. The van der Waals surface area contributed by atoms with Gasteiger partial charge in [-0.15, -0.1) is 0 Å². The van der Waals surface area contributed by atoms with Gasteiger partial charge >= 0.3 is 6.03 Å². The molecule has 3 amide bonds. The minimum absolute atomic E-state index is 0.0154. The van der Waals surface area contributed by atoms with Crippen LogP contribution in [0.15, 0.2) is 18.2 Å². The smallest absolute Gasteiger partial charge is 0.322 e. The lowest BCUT2D eigenvalue weighted by molar-refractivity contribution is -0.114. The van der Waals surface area contributed by atoms with Gasteiger partial charge in [-0.1, -0.05) is 6.07 Å². The van der Waals surface area contributed by atoms with Crippen molar-refractivity contribution in [3.8, 4) is 0 Å². The third-order valence-electron chi connectivity index (χ3n) is 3.90. The number of anilines is 2. The van der Waals surface area contributed by atoms with Crippen LogP contribution in [-0.2, 0) is 4.79 Å². The Morgan fingerprint density at radius 3 is 2.77 bits per heavy atom. The molecule has 0 aliphatic carbocycles. The molecule has 0 unspecified atom stereocenters. The number of benzene rings is 1. The number of piperidine rings is 1. The Morgan fingerprint density at radius 2 is 2.09 bits per heavy atom. The minimum atomic E-state index is -0.212. The first-order valence-corrected chi connectivity index (χ1v) is 7.58. The van der Waals surface area contributed by atoms with Gasteiger partial charge in [0, 0.05) is 24.8 Å². The van der Waals surface area contributed by atoms with Crippen LogP contribution in [0.25, 0.3) is 0 Å². The van der Waals surface area contributed by atoms with Crippen molar-refractivity contribution in [3.05, 3.63) is 23.8 Å². The molecule has 0 spiro atoms. The first-order chi connectivity index (χ1) is 10.5. The van der Waals surface area contributed by atoms with Crippen LogP contribution in [0.1, 0.15) is 31.7 Å². The van der Waals surface area contributed by atoms with E-state index in [2.05, 4.69) is 10.6 Å². The van der Waals surface area contributed by atoms with E-state index in [4.69, 9.17) is 0 Å². The molecule has 1 aliphatic heterocycles. The van der Waals surface area contributed by atoms with Gasteiger partial charge in [0.2, 0.25) is 5.91 Å². The summed E-state index contributed by atoms with van der Waals surface area (Å²) in [6.45, 7) is 3.98. The standard InChI is InChI=1S/C16H23N3O3/c1-11-6-7-13(9-15(11)17-12(2)21)18-16(22)19-8-4-3-5-14(19)10-20/h6-7,9,14,20H,3-5,8,10H2,1-2H3,(H,17,21)(H,18,22)/t14-/m1/s1. The SMILES string of the molecule is CC(=O)Nc1cc(NC(=O)N2CCCC[C@@H]2CO)ccc1C. The van der Waals surface area contributed by atoms with E-state index in [0.717, 1.165) is 24.8 Å². The lowest BCUT2D eigenvalue weighted by Gasteiger charge is -2.34. The van der Waals surface area contributed by atoms with E-state index in [1.54, 1.807) is 17.0 Å². The van der Waals surface area contributed by atoms with Gasteiger partial charge in [0.15, 0.2) is 0 Å². The van der Waals surface area contributed by atoms with E-state index in [-0.39, 0.29) is 24.6 Å². The Bertz CT molecular complexity index is 560. The molecule has 6 nitrogen and oxygen atoms in total. The van der Waals surface area contributed by atoms with Crippen LogP contribution >= 0.6 is 0 Å². The number of amides is 3. The summed E-state index contributed by atoms with van der Waals surface area (Å²) in [5, 5.41) is 15.0. The average molecular weight is 305 g/mol. The fraction of sp³-hybridized carbons (Fsp3) is 0.500. The second kappa shape index (κ2) is 7.26. The summed E-state index contributed by atoms with van der Waals surface area (Å²) in [6, 6.07) is 5.06. The van der Waals surface area contributed by atoms with E-state index in [9.17, 15) is 14.7 Å². The molecule has 1 aromatic carbocycles. The Labute approximate surface area is 130 Å². The number of carbonyl (C=O) groups is 2. The summed E-state index contributed by atoms with van der Waals surface area (Å²) in [7, 11) is 0. The van der Waals surface area contributed by atoms with E-state index >= 15 is 0 Å². The number of likely N-dealkylation sites (tertiary alicyclic amines) is 1. The molecule has 22 heavy (non-hydrogen) atoms. The molecule has 0 saturated carbocycles. The van der Waals surface area contributed by atoms with Gasteiger partial charge in [0.25, 0.3) is 0 Å². The number of urea groups is 1. The van der Waals surface area contributed by atoms with E-state index in [0.29, 0.717) is 17.9 Å². The predicted octanol–water partition coefficient (Wildman–Crippen LogP) is 2.33. The average Bonchev–Trinajstić information content (AvgIpc) is 2.50. The Morgan fingerprint density at radius 1 is 1.32 bits per heavy atom. The molecule has 1 aliphatic rings. The second-order valence-electron chi connectivity index (χ2n) is 5.67. The van der Waals surface area contributed by atoms with Gasteiger partial charge in [-0.3, -0.25) is 4.79 Å². The van der Waals surface area contributed by atoms with Crippen LogP contribution < -0.4 is 10.6 Å². The van der Waals surface area contributed by atoms with Gasteiger partial charge in [0.05, 0.1) is 12.6 Å². The number of aryl methyl sites for hydroxylation is 1. The quantitative estimate of drug-likeness (QED) is 0.801. The maximum atomic E-state index is 12.4. The maximum absolute atomic E-state index is 12.4. The van der Waals surface area contributed by atoms with E-state index in [1.165, 1.54) is 6.92 Å². The molecule has 1 saturated heterocycles. The summed E-state index contributed by atoms with van der Waals surface area (Å²) >= 11 is 0. The minimum Gasteiger partial charge on any atom is -0.394 e. The van der Waals surface area contributed by atoms with Crippen LogP contribution in [0.3, 0.4) is 0 Å². The first-order valence-electron chi connectivity index (χ1n) is 7.58. The fourth-order valence-electron chi connectivity index (χ4n) is 2.68. The van der Waals surface area contributed by atoms with Crippen molar-refractivity contribution >= 4 is 23.3 Å². The predicted molar refractivity (Wildman–Crippen MR) is 85.9 cm³/mol. The molecule has 1 heterocycles. The fourth-order valence-corrected chi connectivity index (χ4v) is 2.68. The molecule has 1 atom stereocenters. The Kier molecular flexibility index (Phi) is 5.38. The number of hydrogen-bond donors (Lipinski definition) is 3. The van der Waals surface area contributed by atoms with Crippen LogP contribution in [0.4, 0.5) is 16.2 Å². The van der Waals surface area contributed by atoms with Crippen molar-refractivity contribution in [2.24, 2.45) is 0 Å². The normalized spacial score (nSPS) is 18.0. The molecule has 120 valence electrons. The van der Waals surface area contributed by atoms with E-state index in [1.807, 2.05) is 13.0 Å². The topological polar surface area (TPSA) is 81.7 Å². The largest absolute Gasteiger partial charge is 0.394 e. The van der Waals surface area contributed by atoms with Gasteiger partial charge in [-0.2, -0.15) is 0 Å². The van der Waals surface area contributed by atoms with Crippen LogP contribution in [-0.4, -0.2) is 41.1 Å². The highest BCUT2D eigenvalue weighted by atomic mass is 16.3. The zero-order valence-corrected chi connectivity index (χ0v) is 13.1. The van der Waals surface area contributed by atoms with Crippen molar-refractivity contribution < 1.29 is 14.7 Å². The molecule has 0 radical (unpaired) electrons. The van der Waals surface area contributed by atoms with Gasteiger partial charge in [-0.05, 0) is 43.9 Å². The molecular weight excluding hydrogens is 282 g/mol. The highest BCUT2D eigenvalue weighted by molar-refractivity contribution is 5.93. The number of carbonyl (C=O) groups excluding carboxylic acids is 2. The second-order valence-corrected chi connectivity index (χ2v) is 5.67. The monoisotopic (exact) mass is 305 g/mol. The van der Waals surface area contributed by atoms with Gasteiger partial charge in [-0.25, -0.2) is 4.79 Å². The van der Waals surface area contributed by atoms with Crippen molar-refractivity contribution in [1.82, 2.24) is 4.90 Å². The molecular formula is C16H23N3O3. The van der Waals surface area contributed by atoms with E-state index < -0.39 is 0 Å². The highest BCUT2D eigenvalue weighted by Gasteiger charge is 2.26. The maximum Gasteiger partial charge on any atom is 0.322 e. The summed E-state index contributed by atoms with van der Waals surface area (Å²) in [5.41, 5.74) is 2.24. The highest BCUT2D eigenvalue weighted by Crippen LogP contribution is 2.22. The Hall–Kier alpha value is -2.08. The summed E-state index contributed by atoms with van der Waals surface area (Å²) in [4.78, 5) is 25.2. The van der Waals surface area contributed by atoms with Crippen molar-refractivity contribution in [2.75, 3.05) is 23.8 Å². The van der Waals surface area contributed by atoms with Crippen molar-refractivity contribution in [3.63, 3.8) is 0 Å². The van der Waals surface area contributed by atoms with Crippen LogP contribution in [0.2, 0.25) is 0 Å². The van der Waals surface area contributed by atoms with Gasteiger partial charge in [0.1, 0.15) is 0 Å². The molecule has 2 rings (SSSR count). The number of nitrogens with zero attached hydrogens (tertiary/aromatic N) is 1. The number of rotatable bonds is 3. The van der Waals surface area contributed by atoms with Gasteiger partial charge < -0.3 is 20.6 Å². The van der Waals surface area contributed by atoms with Crippen LogP contribution in [0, 0.1) is 6.92 Å². The van der Waals surface area contributed by atoms with Crippen molar-refractivity contribution in [2.45, 2.75) is 39.2 Å². The molecule has 0 aromatic heterocycles. The number of nitrogens with one attached hydrogen (secondary N) is 2. The van der Waals surface area contributed by atoms with Crippen molar-refractivity contribution in [1.29, 1.82) is 0 Å². The first kappa shape index (κ1) is 16.3. The third kappa shape index (κ3) is 3.98. The summed E-state index contributed by atoms with van der Waals surface area (Å²) in [6.07, 6.45) is 2.82. The number of aliphatic hydroxyl groups is 1. The molecule has 1 aromatic rings. The lowest BCUT2D eigenvalue weighted by atomic mass is 10.0. The zero-order valence-electron chi connectivity index (χ0n) is 13.1. The van der Waals surface area contributed by atoms with Crippen LogP contribution in [0.5, 0.6) is 0 Å². The number of aliphatic hydroxyl groups excluding tert-OH is 1. The third-order valence-corrected chi connectivity index (χ3v) is 3.90. The Balaban J connectivity index is 2.09. The summed E-state index contributed by atoms with van der Waals surface area (Å²) < 4.78 is 0. The molecule has 1 fully saturated rings.